The zero-order valence-electron chi connectivity index (χ0n) is 25.6. The fourth-order valence-electron chi connectivity index (χ4n) is 4.75. The number of carbonyl (C=O) groups is 5. The number of carbonyl (C=O) groups excluding carboxylic acids is 5. The first-order valence-corrected chi connectivity index (χ1v) is 14.5. The molecule has 0 saturated carbocycles. The topological polar surface area (TPSA) is 205 Å². The van der Waals surface area contributed by atoms with E-state index in [-0.39, 0.29) is 42.7 Å². The first-order chi connectivity index (χ1) is 21.4. The zero-order chi connectivity index (χ0) is 32.8. The number of pyridine rings is 1. The van der Waals surface area contributed by atoms with Crippen LogP contribution in [0.2, 0.25) is 0 Å². The number of aliphatic hydroxyl groups is 1. The van der Waals surface area contributed by atoms with Crippen molar-refractivity contribution in [1.82, 2.24) is 36.3 Å². The van der Waals surface area contributed by atoms with Crippen LogP contribution in [0.5, 0.6) is 5.75 Å². The molecule has 3 heterocycles. The molecule has 4 atom stereocenters. The molecule has 15 heteroatoms. The summed E-state index contributed by atoms with van der Waals surface area (Å²) in [7, 11) is 1.49. The molecule has 0 aliphatic carbocycles. The van der Waals surface area contributed by atoms with Gasteiger partial charge in [-0.05, 0) is 31.9 Å². The van der Waals surface area contributed by atoms with Crippen LogP contribution < -0.4 is 26.0 Å². The van der Waals surface area contributed by atoms with Gasteiger partial charge in [-0.1, -0.05) is 31.1 Å². The number of nitrogens with one attached hydrogen (secondary N) is 4. The molecular formula is C30H37N7O8. The minimum Gasteiger partial charge on any atom is -0.496 e. The fraction of sp³-hybridized carbons (Fsp3) is 0.433. The molecule has 4 rings (SSSR count). The van der Waals surface area contributed by atoms with Crippen LogP contribution >= 0.6 is 0 Å². The summed E-state index contributed by atoms with van der Waals surface area (Å²) in [5.41, 5.74) is 0.403. The van der Waals surface area contributed by atoms with Crippen LogP contribution in [0.4, 0.5) is 0 Å². The van der Waals surface area contributed by atoms with E-state index >= 15 is 0 Å². The van der Waals surface area contributed by atoms with Gasteiger partial charge in [-0.2, -0.15) is 0 Å². The summed E-state index contributed by atoms with van der Waals surface area (Å²) in [5, 5.41) is 25.0. The predicted octanol–water partition coefficient (Wildman–Crippen LogP) is 0.128. The van der Waals surface area contributed by atoms with Crippen LogP contribution in [0, 0.1) is 5.92 Å². The fourth-order valence-corrected chi connectivity index (χ4v) is 4.75. The summed E-state index contributed by atoms with van der Waals surface area (Å²) >= 11 is 0. The third-order valence-electron chi connectivity index (χ3n) is 7.27. The smallest absolute Gasteiger partial charge is 0.274 e. The minimum atomic E-state index is -1.44. The van der Waals surface area contributed by atoms with Gasteiger partial charge < -0.3 is 40.5 Å². The molecule has 15 nitrogen and oxygen atoms in total. The second kappa shape index (κ2) is 14.2. The van der Waals surface area contributed by atoms with Gasteiger partial charge in [-0.3, -0.25) is 24.0 Å². The van der Waals surface area contributed by atoms with Gasteiger partial charge in [0.2, 0.25) is 17.7 Å². The summed E-state index contributed by atoms with van der Waals surface area (Å²) < 4.78 is 10.8. The van der Waals surface area contributed by atoms with Gasteiger partial charge in [-0.15, -0.1) is 0 Å². The highest BCUT2D eigenvalue weighted by molar-refractivity contribution is 5.99. The maximum Gasteiger partial charge on any atom is 0.274 e. The van der Waals surface area contributed by atoms with Crippen LogP contribution in [0.15, 0.2) is 40.9 Å². The number of hydrogen-bond donors (Lipinski definition) is 5. The third-order valence-corrected chi connectivity index (χ3v) is 7.27. The van der Waals surface area contributed by atoms with E-state index < -0.39 is 53.8 Å². The highest BCUT2D eigenvalue weighted by Crippen LogP contribution is 2.26. The molecule has 0 unspecified atom stereocenters. The Balaban J connectivity index is 1.69. The lowest BCUT2D eigenvalue weighted by Crippen LogP contribution is -2.58. The number of ether oxygens (including phenoxy) is 1. The highest BCUT2D eigenvalue weighted by atomic mass is 16.5. The Morgan fingerprint density at radius 1 is 1.02 bits per heavy atom. The SMILES string of the molecule is COc1cc(C(=O)N2CCNC(=O)[C@H](C(C)C)NC(=O)[C@H](C)NC(=O)[C@H]([C@@H](C)O)NC(=O)c3cc(on3)C2)nc2ccccc12. The molecule has 0 fully saturated rings. The number of rotatable bonds is 4. The Morgan fingerprint density at radius 2 is 1.76 bits per heavy atom. The van der Waals surface area contributed by atoms with Crippen molar-refractivity contribution in [3.05, 3.63) is 53.5 Å². The predicted molar refractivity (Wildman–Crippen MR) is 160 cm³/mol. The number of fused-ring (bicyclic) bond motifs is 3. The number of aliphatic hydroxyl groups excluding tert-OH is 1. The Morgan fingerprint density at radius 3 is 2.44 bits per heavy atom. The molecule has 5 amide bonds. The quantitative estimate of drug-likeness (QED) is 0.266. The van der Waals surface area contributed by atoms with Gasteiger partial charge in [-0.25, -0.2) is 4.98 Å². The molecule has 2 bridgehead atoms. The zero-order valence-corrected chi connectivity index (χ0v) is 25.6. The Bertz CT molecular complexity index is 1590. The van der Waals surface area contributed by atoms with Crippen molar-refractivity contribution < 1.29 is 38.3 Å². The largest absolute Gasteiger partial charge is 0.496 e. The molecule has 1 aliphatic rings. The molecule has 1 aromatic carbocycles. The summed E-state index contributed by atoms with van der Waals surface area (Å²) in [5.74, 6) is -3.06. The number of hydrogen-bond acceptors (Lipinski definition) is 10. The molecule has 0 saturated heterocycles. The lowest BCUT2D eigenvalue weighted by Gasteiger charge is -2.26. The average molecular weight is 624 g/mol. The van der Waals surface area contributed by atoms with Crippen molar-refractivity contribution >= 4 is 40.4 Å². The van der Waals surface area contributed by atoms with E-state index in [0.717, 1.165) is 5.39 Å². The van der Waals surface area contributed by atoms with Crippen molar-refractivity contribution in [2.24, 2.45) is 5.92 Å². The van der Waals surface area contributed by atoms with E-state index in [4.69, 9.17) is 9.26 Å². The highest BCUT2D eigenvalue weighted by Gasteiger charge is 2.32. The second-order valence-corrected chi connectivity index (χ2v) is 11.1. The van der Waals surface area contributed by atoms with E-state index in [9.17, 15) is 29.1 Å². The maximum atomic E-state index is 13.8. The van der Waals surface area contributed by atoms with Crippen molar-refractivity contribution in [3.63, 3.8) is 0 Å². The van der Waals surface area contributed by atoms with Gasteiger partial charge in [0.1, 0.15) is 29.6 Å². The van der Waals surface area contributed by atoms with Gasteiger partial charge >= 0.3 is 0 Å². The van der Waals surface area contributed by atoms with Crippen LogP contribution in [0.1, 0.15) is 54.4 Å². The average Bonchev–Trinajstić information content (AvgIpc) is 3.48. The molecule has 2 aromatic heterocycles. The van der Waals surface area contributed by atoms with Crippen molar-refractivity contribution in [2.75, 3.05) is 20.2 Å². The van der Waals surface area contributed by atoms with Gasteiger partial charge in [0, 0.05) is 30.6 Å². The molecule has 0 spiro atoms. The van der Waals surface area contributed by atoms with Crippen molar-refractivity contribution in [2.45, 2.75) is 58.5 Å². The standard InChI is InChI=1S/C30H37N7O8/c1-15(2)24-28(41)31-10-11-37(30(43)22-13-23(44-5)19-8-6-7-9-20(19)33-22)14-18-12-21(36-45-18)27(40)35-25(17(4)38)29(42)32-16(3)26(39)34-24/h6-9,12-13,15-17,24-25,38H,10-11,14H2,1-5H3,(H,31,41)(H,32,42)(H,34,39)(H,35,40)/t16-,17+,24-,25-/m0/s1. The lowest BCUT2D eigenvalue weighted by atomic mass is 10.0. The number of benzene rings is 1. The first kappa shape index (κ1) is 32.9. The van der Waals surface area contributed by atoms with Crippen LogP contribution in [0.25, 0.3) is 10.9 Å². The number of para-hydroxylation sites is 1. The second-order valence-electron chi connectivity index (χ2n) is 11.1. The summed E-state index contributed by atoms with van der Waals surface area (Å²) in [6, 6.07) is 6.48. The van der Waals surface area contributed by atoms with Crippen molar-refractivity contribution in [1.29, 1.82) is 0 Å². The Hall–Kier alpha value is -5.05. The van der Waals surface area contributed by atoms with E-state index in [2.05, 4.69) is 31.4 Å². The Kier molecular flexibility index (Phi) is 10.3. The molecule has 1 aliphatic heterocycles. The number of methoxy groups -OCH3 is 1. The van der Waals surface area contributed by atoms with Crippen LogP contribution in [0.3, 0.4) is 0 Å². The number of amides is 5. The summed E-state index contributed by atoms with van der Waals surface area (Å²) in [6.45, 7) is 6.04. The lowest BCUT2D eigenvalue weighted by molar-refractivity contribution is -0.133. The van der Waals surface area contributed by atoms with Gasteiger partial charge in [0.25, 0.3) is 11.8 Å². The monoisotopic (exact) mass is 623 g/mol. The molecule has 0 radical (unpaired) electrons. The minimum absolute atomic E-state index is 0.00104. The molecule has 5 N–H and O–H groups in total. The Labute approximate surface area is 259 Å². The molecule has 45 heavy (non-hydrogen) atoms. The normalized spacial score (nSPS) is 21.2. The third kappa shape index (κ3) is 7.73. The molecular weight excluding hydrogens is 586 g/mol. The van der Waals surface area contributed by atoms with E-state index in [0.29, 0.717) is 11.3 Å². The van der Waals surface area contributed by atoms with Crippen LogP contribution in [-0.4, -0.2) is 94.1 Å². The summed E-state index contributed by atoms with van der Waals surface area (Å²) in [4.78, 5) is 71.7. The first-order valence-electron chi connectivity index (χ1n) is 14.5. The van der Waals surface area contributed by atoms with Gasteiger partial charge in [0.15, 0.2) is 11.5 Å². The maximum absolute atomic E-state index is 13.8. The van der Waals surface area contributed by atoms with E-state index in [1.165, 1.54) is 38.0 Å². The number of aromatic nitrogens is 2. The molecule has 240 valence electrons. The van der Waals surface area contributed by atoms with E-state index in [1.807, 2.05) is 12.1 Å². The molecule has 3 aromatic rings. The van der Waals surface area contributed by atoms with Crippen molar-refractivity contribution in [3.8, 4) is 5.75 Å². The van der Waals surface area contributed by atoms with E-state index in [1.54, 1.807) is 26.0 Å². The van der Waals surface area contributed by atoms with Crippen LogP contribution in [-0.2, 0) is 20.9 Å². The van der Waals surface area contributed by atoms with Gasteiger partial charge in [0.05, 0.1) is 25.3 Å². The summed E-state index contributed by atoms with van der Waals surface area (Å²) in [6.07, 6.45) is -1.34. The number of nitrogens with zero attached hydrogens (tertiary/aromatic N) is 3.